The summed E-state index contributed by atoms with van der Waals surface area (Å²) in [5.41, 5.74) is 1.64. The van der Waals surface area contributed by atoms with Gasteiger partial charge in [-0.2, -0.15) is 22.9 Å². The number of hydrogen-bond acceptors (Lipinski definition) is 4. The second kappa shape index (κ2) is 6.59. The van der Waals surface area contributed by atoms with Crippen molar-refractivity contribution in [3.8, 4) is 0 Å². The SMILES string of the molecule is O=C(Cn1nc(C(F)(F)F)cc1C1CC1)Nn1c(=S)[nH]c2ccccc2c1=O. The summed E-state index contributed by atoms with van der Waals surface area (Å²) in [5.74, 6) is -0.752. The smallest absolute Gasteiger partial charge is 0.330 e. The molecule has 1 aliphatic carbocycles. The lowest BCUT2D eigenvalue weighted by Crippen LogP contribution is -2.36. The fourth-order valence-electron chi connectivity index (χ4n) is 2.96. The molecule has 1 aromatic carbocycles. The Labute approximate surface area is 160 Å². The normalized spacial score (nSPS) is 14.4. The van der Waals surface area contributed by atoms with Gasteiger partial charge in [-0.1, -0.05) is 12.1 Å². The van der Waals surface area contributed by atoms with Gasteiger partial charge >= 0.3 is 6.18 Å². The van der Waals surface area contributed by atoms with Crippen molar-refractivity contribution in [3.05, 3.63) is 56.8 Å². The third-order valence-corrected chi connectivity index (χ3v) is 4.72. The number of H-pyrrole nitrogens is 1. The average Bonchev–Trinajstić information content (AvgIpc) is 3.38. The summed E-state index contributed by atoms with van der Waals surface area (Å²) in [5, 5.41) is 3.84. The van der Waals surface area contributed by atoms with Crippen LogP contribution in [0.5, 0.6) is 0 Å². The van der Waals surface area contributed by atoms with Crippen LogP contribution in [0.15, 0.2) is 35.1 Å². The molecule has 4 rings (SSSR count). The van der Waals surface area contributed by atoms with E-state index in [0.29, 0.717) is 16.6 Å². The van der Waals surface area contributed by atoms with Crippen molar-refractivity contribution in [2.24, 2.45) is 0 Å². The van der Waals surface area contributed by atoms with E-state index in [-0.39, 0.29) is 10.7 Å². The maximum absolute atomic E-state index is 13.0. The molecule has 146 valence electrons. The van der Waals surface area contributed by atoms with E-state index in [9.17, 15) is 22.8 Å². The van der Waals surface area contributed by atoms with Gasteiger partial charge in [-0.3, -0.25) is 19.7 Å². The summed E-state index contributed by atoms with van der Waals surface area (Å²) in [6.45, 7) is -0.462. The quantitative estimate of drug-likeness (QED) is 0.649. The summed E-state index contributed by atoms with van der Waals surface area (Å²) in [6.07, 6.45) is -3.09. The van der Waals surface area contributed by atoms with Gasteiger partial charge in [0.1, 0.15) is 6.54 Å². The predicted octanol–water partition coefficient (Wildman–Crippen LogP) is 2.92. The highest BCUT2D eigenvalue weighted by Crippen LogP contribution is 2.42. The summed E-state index contributed by atoms with van der Waals surface area (Å²) in [7, 11) is 0. The van der Waals surface area contributed by atoms with E-state index in [4.69, 9.17) is 12.2 Å². The summed E-state index contributed by atoms with van der Waals surface area (Å²) < 4.78 is 40.8. The molecule has 0 bridgehead atoms. The Morgan fingerprint density at radius 1 is 1.32 bits per heavy atom. The third-order valence-electron chi connectivity index (χ3n) is 4.43. The van der Waals surface area contributed by atoms with Crippen molar-refractivity contribution >= 4 is 29.0 Å². The summed E-state index contributed by atoms with van der Waals surface area (Å²) in [4.78, 5) is 27.8. The van der Waals surface area contributed by atoms with E-state index in [2.05, 4.69) is 15.5 Å². The molecule has 0 aliphatic heterocycles. The molecule has 0 unspecified atom stereocenters. The van der Waals surface area contributed by atoms with Gasteiger partial charge in [-0.25, -0.2) is 0 Å². The Bertz CT molecular complexity index is 1190. The Balaban J connectivity index is 1.62. The van der Waals surface area contributed by atoms with Gasteiger partial charge in [-0.05, 0) is 43.3 Å². The number of amides is 1. The van der Waals surface area contributed by atoms with Crippen LogP contribution in [0.25, 0.3) is 10.9 Å². The van der Waals surface area contributed by atoms with E-state index in [1.165, 1.54) is 0 Å². The van der Waals surface area contributed by atoms with Crippen LogP contribution in [-0.2, 0) is 17.5 Å². The van der Waals surface area contributed by atoms with Crippen LogP contribution in [0.3, 0.4) is 0 Å². The zero-order chi connectivity index (χ0) is 20.1. The number of nitrogens with zero attached hydrogens (tertiary/aromatic N) is 3. The summed E-state index contributed by atoms with van der Waals surface area (Å²) >= 11 is 5.10. The number of fused-ring (bicyclic) bond motifs is 1. The van der Waals surface area contributed by atoms with Gasteiger partial charge in [0.25, 0.3) is 11.5 Å². The highest BCUT2D eigenvalue weighted by atomic mass is 32.1. The lowest BCUT2D eigenvalue weighted by molar-refractivity contribution is -0.141. The monoisotopic (exact) mass is 409 g/mol. The van der Waals surface area contributed by atoms with Crippen LogP contribution in [-0.4, -0.2) is 25.3 Å². The molecule has 2 N–H and O–H groups in total. The maximum atomic E-state index is 13.0. The van der Waals surface area contributed by atoms with Crippen LogP contribution in [0.1, 0.15) is 30.1 Å². The molecule has 0 atom stereocenters. The fourth-order valence-corrected chi connectivity index (χ4v) is 3.20. The standard InChI is InChI=1S/C17H14F3N5O2S/c18-17(19,20)13-7-12(9-5-6-9)24(22-13)8-14(26)23-25-15(27)10-3-1-2-4-11(10)21-16(25)28/h1-4,7,9H,5-6,8H2,(H,21,28)(H,23,26). The number of aromatic amines is 1. The van der Waals surface area contributed by atoms with E-state index in [1.807, 2.05) is 0 Å². The molecular weight excluding hydrogens is 395 g/mol. The number of aromatic nitrogens is 4. The van der Waals surface area contributed by atoms with Gasteiger partial charge in [0.2, 0.25) is 0 Å². The Kier molecular flexibility index (Phi) is 4.33. The minimum Gasteiger partial charge on any atom is -0.330 e. The van der Waals surface area contributed by atoms with Gasteiger partial charge in [-0.15, -0.1) is 0 Å². The number of carbonyl (C=O) groups is 1. The van der Waals surface area contributed by atoms with Gasteiger partial charge in [0.05, 0.1) is 10.9 Å². The van der Waals surface area contributed by atoms with Crippen LogP contribution in [0, 0.1) is 4.77 Å². The highest BCUT2D eigenvalue weighted by molar-refractivity contribution is 7.71. The predicted molar refractivity (Wildman–Crippen MR) is 97.0 cm³/mol. The Morgan fingerprint density at radius 2 is 2.04 bits per heavy atom. The van der Waals surface area contributed by atoms with Gasteiger partial charge in [0, 0.05) is 11.6 Å². The molecule has 1 aliphatic rings. The third kappa shape index (κ3) is 3.44. The first-order valence-electron chi connectivity index (χ1n) is 8.43. The zero-order valence-corrected chi connectivity index (χ0v) is 15.1. The van der Waals surface area contributed by atoms with Crippen molar-refractivity contribution in [1.82, 2.24) is 19.4 Å². The minimum atomic E-state index is -4.59. The number of rotatable bonds is 4. The molecular formula is C17H14F3N5O2S. The first-order chi connectivity index (χ1) is 13.2. The molecule has 0 saturated heterocycles. The molecule has 2 heterocycles. The molecule has 0 spiro atoms. The molecule has 1 fully saturated rings. The topological polar surface area (TPSA) is 84.7 Å². The number of nitrogens with one attached hydrogen (secondary N) is 2. The van der Waals surface area contributed by atoms with E-state index in [1.54, 1.807) is 24.3 Å². The minimum absolute atomic E-state index is 0.0316. The van der Waals surface area contributed by atoms with E-state index < -0.39 is 29.9 Å². The lowest BCUT2D eigenvalue weighted by Gasteiger charge is -2.11. The van der Waals surface area contributed by atoms with Crippen LogP contribution < -0.4 is 11.0 Å². The van der Waals surface area contributed by atoms with Crippen LogP contribution in [0.4, 0.5) is 13.2 Å². The Hall–Kier alpha value is -2.95. The molecule has 28 heavy (non-hydrogen) atoms. The number of hydrogen-bond donors (Lipinski definition) is 2. The highest BCUT2D eigenvalue weighted by Gasteiger charge is 2.38. The molecule has 7 nitrogen and oxygen atoms in total. The molecule has 1 saturated carbocycles. The molecule has 0 radical (unpaired) electrons. The second-order valence-electron chi connectivity index (χ2n) is 6.54. The fraction of sp³-hybridized carbons (Fsp3) is 0.294. The molecule has 11 heteroatoms. The van der Waals surface area contributed by atoms with Crippen molar-refractivity contribution in [3.63, 3.8) is 0 Å². The first-order valence-corrected chi connectivity index (χ1v) is 8.84. The van der Waals surface area contributed by atoms with Crippen LogP contribution in [0.2, 0.25) is 0 Å². The Morgan fingerprint density at radius 3 is 2.71 bits per heavy atom. The van der Waals surface area contributed by atoms with Gasteiger partial charge < -0.3 is 4.98 Å². The van der Waals surface area contributed by atoms with Crippen molar-refractivity contribution < 1.29 is 18.0 Å². The van der Waals surface area contributed by atoms with Crippen LogP contribution >= 0.6 is 12.2 Å². The van der Waals surface area contributed by atoms with Gasteiger partial charge in [0.15, 0.2) is 10.5 Å². The number of alkyl halides is 3. The second-order valence-corrected chi connectivity index (χ2v) is 6.92. The largest absolute Gasteiger partial charge is 0.435 e. The first kappa shape index (κ1) is 18.4. The van der Waals surface area contributed by atoms with Crippen molar-refractivity contribution in [2.75, 3.05) is 5.43 Å². The number of benzene rings is 1. The zero-order valence-electron chi connectivity index (χ0n) is 14.3. The number of halogens is 3. The number of para-hydroxylation sites is 1. The lowest BCUT2D eigenvalue weighted by atomic mass is 10.2. The van der Waals surface area contributed by atoms with Crippen molar-refractivity contribution in [1.29, 1.82) is 0 Å². The average molecular weight is 409 g/mol. The molecule has 2 aromatic heterocycles. The molecule has 1 amide bonds. The van der Waals surface area contributed by atoms with Crippen molar-refractivity contribution in [2.45, 2.75) is 31.5 Å². The van der Waals surface area contributed by atoms with E-state index in [0.717, 1.165) is 28.3 Å². The number of carbonyl (C=O) groups excluding carboxylic acids is 1. The molecule has 3 aromatic rings. The summed E-state index contributed by atoms with van der Waals surface area (Å²) in [6, 6.07) is 7.60. The van der Waals surface area contributed by atoms with E-state index >= 15 is 0 Å². The maximum Gasteiger partial charge on any atom is 0.435 e.